The molecule has 0 aromatic carbocycles. The van der Waals surface area contributed by atoms with Crippen molar-refractivity contribution >= 4 is 21.7 Å². The van der Waals surface area contributed by atoms with Crippen LogP contribution in [0.5, 0.6) is 0 Å². The summed E-state index contributed by atoms with van der Waals surface area (Å²) in [4.78, 5) is 11.6. The van der Waals surface area contributed by atoms with Crippen molar-refractivity contribution in [3.63, 3.8) is 0 Å². The summed E-state index contributed by atoms with van der Waals surface area (Å²) in [6, 6.07) is 0. The maximum Gasteiger partial charge on any atom is 0.162 e. The minimum absolute atomic E-state index is 0.121. The summed E-state index contributed by atoms with van der Waals surface area (Å²) >= 11 is 3.52. The van der Waals surface area contributed by atoms with Gasteiger partial charge in [0, 0.05) is 11.3 Å². The van der Waals surface area contributed by atoms with E-state index in [0.717, 1.165) is 12.8 Å². The highest BCUT2D eigenvalue weighted by Crippen LogP contribution is 2.52. The van der Waals surface area contributed by atoms with Crippen LogP contribution in [0, 0.1) is 11.3 Å². The van der Waals surface area contributed by atoms with E-state index in [1.807, 2.05) is 0 Å². The Hall–Kier alpha value is -0.370. The third-order valence-corrected chi connectivity index (χ3v) is 3.93. The number of carbonyl (C=O) groups is 1. The third kappa shape index (κ3) is 1.15. The number of hydrogen-bond donors (Lipinski definition) is 0. The van der Waals surface area contributed by atoms with Crippen LogP contribution in [-0.4, -0.2) is 5.78 Å². The van der Waals surface area contributed by atoms with Gasteiger partial charge in [-0.25, -0.2) is 0 Å². The van der Waals surface area contributed by atoms with Gasteiger partial charge in [-0.15, -0.1) is 0 Å². The van der Waals surface area contributed by atoms with Crippen molar-refractivity contribution in [2.45, 2.75) is 26.7 Å². The molecule has 0 unspecified atom stereocenters. The van der Waals surface area contributed by atoms with Crippen molar-refractivity contribution in [3.05, 3.63) is 22.2 Å². The molecule has 70 valence electrons. The van der Waals surface area contributed by atoms with Gasteiger partial charge in [0.1, 0.15) is 0 Å². The van der Waals surface area contributed by atoms with Gasteiger partial charge in [0.2, 0.25) is 0 Å². The standard InChI is InChI=1S/C11H13BrO/c1-7(12)8-5-6-11(2)9(8)3-4-10(11)13/h3-4,9H,5-6H2,1-2H3/b8-7+/t9-,11+/m0/s1. The fourth-order valence-electron chi connectivity index (χ4n) is 2.46. The highest BCUT2D eigenvalue weighted by molar-refractivity contribution is 9.11. The first-order valence-corrected chi connectivity index (χ1v) is 5.43. The zero-order valence-electron chi connectivity index (χ0n) is 7.93. The average molecular weight is 241 g/mol. The second-order valence-corrected chi connectivity index (χ2v) is 5.37. The van der Waals surface area contributed by atoms with E-state index in [1.54, 1.807) is 6.08 Å². The molecule has 0 aromatic rings. The lowest BCUT2D eigenvalue weighted by Crippen LogP contribution is -2.24. The van der Waals surface area contributed by atoms with Gasteiger partial charge in [-0.1, -0.05) is 34.5 Å². The van der Waals surface area contributed by atoms with Crippen LogP contribution in [-0.2, 0) is 4.79 Å². The summed E-state index contributed by atoms with van der Waals surface area (Å²) in [6.07, 6.45) is 5.88. The maximum atomic E-state index is 11.6. The molecule has 2 atom stereocenters. The van der Waals surface area contributed by atoms with Crippen molar-refractivity contribution in [1.29, 1.82) is 0 Å². The average Bonchev–Trinajstić information content (AvgIpc) is 2.51. The summed E-state index contributed by atoms with van der Waals surface area (Å²) in [7, 11) is 0. The number of carbonyl (C=O) groups excluding carboxylic acids is 1. The summed E-state index contributed by atoms with van der Waals surface area (Å²) in [5.41, 5.74) is 1.29. The van der Waals surface area contributed by atoms with E-state index in [0.29, 0.717) is 11.7 Å². The molecule has 0 saturated heterocycles. The molecular weight excluding hydrogens is 228 g/mol. The van der Waals surface area contributed by atoms with Crippen LogP contribution in [0.1, 0.15) is 26.7 Å². The van der Waals surface area contributed by atoms with Gasteiger partial charge in [0.25, 0.3) is 0 Å². The van der Waals surface area contributed by atoms with E-state index in [9.17, 15) is 4.79 Å². The van der Waals surface area contributed by atoms with Gasteiger partial charge in [0.15, 0.2) is 5.78 Å². The predicted molar refractivity (Wildman–Crippen MR) is 56.6 cm³/mol. The van der Waals surface area contributed by atoms with Gasteiger partial charge in [0.05, 0.1) is 0 Å². The topological polar surface area (TPSA) is 17.1 Å². The first kappa shape index (κ1) is 9.20. The number of allylic oxidation sites excluding steroid dienone is 4. The van der Waals surface area contributed by atoms with Crippen LogP contribution >= 0.6 is 15.9 Å². The zero-order valence-corrected chi connectivity index (χ0v) is 9.52. The number of ketones is 1. The molecule has 0 N–H and O–H groups in total. The Morgan fingerprint density at radius 3 is 3.00 bits per heavy atom. The van der Waals surface area contributed by atoms with Crippen molar-refractivity contribution < 1.29 is 4.79 Å². The van der Waals surface area contributed by atoms with Crippen LogP contribution in [0.15, 0.2) is 22.2 Å². The van der Waals surface area contributed by atoms with Crippen LogP contribution in [0.25, 0.3) is 0 Å². The molecular formula is C11H13BrO. The van der Waals surface area contributed by atoms with Crippen molar-refractivity contribution in [2.24, 2.45) is 11.3 Å². The Labute approximate surface area is 87.0 Å². The minimum atomic E-state index is -0.121. The molecule has 1 fully saturated rings. The molecule has 0 bridgehead atoms. The molecule has 2 aliphatic rings. The van der Waals surface area contributed by atoms with E-state index < -0.39 is 0 Å². The SMILES string of the molecule is C/C(Br)=C1/CC[C@@]2(C)C(=O)C=C[C@@H]12. The highest BCUT2D eigenvalue weighted by Gasteiger charge is 2.48. The molecule has 0 aromatic heterocycles. The van der Waals surface area contributed by atoms with Crippen LogP contribution in [0.2, 0.25) is 0 Å². The molecule has 1 nitrogen and oxygen atoms in total. The number of fused-ring (bicyclic) bond motifs is 1. The lowest BCUT2D eigenvalue weighted by molar-refractivity contribution is -0.122. The molecule has 1 saturated carbocycles. The maximum absolute atomic E-state index is 11.6. The largest absolute Gasteiger partial charge is 0.294 e. The lowest BCUT2D eigenvalue weighted by atomic mass is 9.80. The van der Waals surface area contributed by atoms with Crippen LogP contribution < -0.4 is 0 Å². The van der Waals surface area contributed by atoms with Crippen LogP contribution in [0.3, 0.4) is 0 Å². The fraction of sp³-hybridized carbons (Fsp3) is 0.545. The lowest BCUT2D eigenvalue weighted by Gasteiger charge is -2.21. The minimum Gasteiger partial charge on any atom is -0.294 e. The summed E-state index contributed by atoms with van der Waals surface area (Å²) in [5, 5.41) is 0. The highest BCUT2D eigenvalue weighted by atomic mass is 79.9. The van der Waals surface area contributed by atoms with E-state index >= 15 is 0 Å². The van der Waals surface area contributed by atoms with E-state index in [4.69, 9.17) is 0 Å². The Kier molecular flexibility index (Phi) is 1.99. The third-order valence-electron chi connectivity index (χ3n) is 3.42. The fourth-order valence-corrected chi connectivity index (χ4v) is 2.90. The predicted octanol–water partition coefficient (Wildman–Crippen LogP) is 3.21. The Balaban J connectivity index is 2.44. The Morgan fingerprint density at radius 2 is 2.38 bits per heavy atom. The zero-order chi connectivity index (χ0) is 9.64. The Morgan fingerprint density at radius 1 is 1.69 bits per heavy atom. The second-order valence-electron chi connectivity index (χ2n) is 4.18. The quantitative estimate of drug-likeness (QED) is 0.636. The van der Waals surface area contributed by atoms with Crippen LogP contribution in [0.4, 0.5) is 0 Å². The smallest absolute Gasteiger partial charge is 0.162 e. The van der Waals surface area contributed by atoms with Crippen molar-refractivity contribution in [3.8, 4) is 0 Å². The van der Waals surface area contributed by atoms with Gasteiger partial charge in [-0.3, -0.25) is 4.79 Å². The number of halogens is 1. The monoisotopic (exact) mass is 240 g/mol. The van der Waals surface area contributed by atoms with E-state index in [1.165, 1.54) is 10.1 Å². The molecule has 0 amide bonds. The second kappa shape index (κ2) is 2.81. The van der Waals surface area contributed by atoms with Gasteiger partial charge >= 0.3 is 0 Å². The molecule has 13 heavy (non-hydrogen) atoms. The normalized spacial score (nSPS) is 41.2. The number of hydrogen-bond acceptors (Lipinski definition) is 1. The Bertz CT molecular complexity index is 323. The van der Waals surface area contributed by atoms with E-state index in [2.05, 4.69) is 35.9 Å². The molecule has 0 radical (unpaired) electrons. The molecule has 2 rings (SSSR count). The first-order chi connectivity index (χ1) is 6.05. The summed E-state index contributed by atoms with van der Waals surface area (Å²) < 4.78 is 1.21. The molecule has 0 aliphatic heterocycles. The first-order valence-electron chi connectivity index (χ1n) is 4.63. The number of rotatable bonds is 0. The molecule has 0 spiro atoms. The summed E-state index contributed by atoms with van der Waals surface area (Å²) in [5.74, 6) is 0.667. The molecule has 0 heterocycles. The van der Waals surface area contributed by atoms with Crippen molar-refractivity contribution in [2.75, 3.05) is 0 Å². The van der Waals surface area contributed by atoms with Crippen molar-refractivity contribution in [1.82, 2.24) is 0 Å². The van der Waals surface area contributed by atoms with Gasteiger partial charge in [-0.2, -0.15) is 0 Å². The molecule has 2 heteroatoms. The summed E-state index contributed by atoms with van der Waals surface area (Å²) in [6.45, 7) is 4.15. The van der Waals surface area contributed by atoms with E-state index in [-0.39, 0.29) is 5.41 Å². The van der Waals surface area contributed by atoms with Gasteiger partial charge in [-0.05, 0) is 30.3 Å². The molecule has 2 aliphatic carbocycles. The van der Waals surface area contributed by atoms with Gasteiger partial charge < -0.3 is 0 Å².